The molecule has 0 unspecified atom stereocenters. The Labute approximate surface area is 145 Å². The summed E-state index contributed by atoms with van der Waals surface area (Å²) in [6.45, 7) is 0.600. The summed E-state index contributed by atoms with van der Waals surface area (Å²) in [6, 6.07) is 3.60. The summed E-state index contributed by atoms with van der Waals surface area (Å²) in [7, 11) is 4.92. The second-order valence-electron chi connectivity index (χ2n) is 5.73. The van der Waals surface area contributed by atoms with Crippen molar-refractivity contribution in [2.75, 3.05) is 25.7 Å². The first kappa shape index (κ1) is 16.8. The number of amides is 1. The first-order chi connectivity index (χ1) is 11.6. The van der Waals surface area contributed by atoms with Gasteiger partial charge in [-0.25, -0.2) is 0 Å². The summed E-state index contributed by atoms with van der Waals surface area (Å²) in [4.78, 5) is 14.9. The van der Waals surface area contributed by atoms with E-state index in [9.17, 15) is 4.79 Å². The molecule has 1 aromatic carbocycles. The lowest BCUT2D eigenvalue weighted by atomic mass is 9.99. The van der Waals surface area contributed by atoms with Gasteiger partial charge in [0.2, 0.25) is 0 Å². The van der Waals surface area contributed by atoms with Crippen molar-refractivity contribution >= 4 is 23.2 Å². The highest BCUT2D eigenvalue weighted by Crippen LogP contribution is 2.41. The Hall–Kier alpha value is -2.05. The third kappa shape index (κ3) is 2.87. The van der Waals surface area contributed by atoms with Gasteiger partial charge < -0.3 is 14.4 Å². The highest BCUT2D eigenvalue weighted by molar-refractivity contribution is 6.32. The summed E-state index contributed by atoms with van der Waals surface area (Å²) in [5, 5.41) is 4.78. The fourth-order valence-corrected chi connectivity index (χ4v) is 3.38. The van der Waals surface area contributed by atoms with Gasteiger partial charge in [-0.2, -0.15) is 5.10 Å². The molecule has 0 spiro atoms. The zero-order valence-corrected chi connectivity index (χ0v) is 14.7. The van der Waals surface area contributed by atoms with Gasteiger partial charge in [0.1, 0.15) is 5.75 Å². The van der Waals surface area contributed by atoms with E-state index in [4.69, 9.17) is 21.1 Å². The molecule has 0 saturated carbocycles. The van der Waals surface area contributed by atoms with Gasteiger partial charge >= 0.3 is 0 Å². The summed E-state index contributed by atoms with van der Waals surface area (Å²) in [5.74, 6) is 0.496. The molecule has 1 aliphatic heterocycles. The lowest BCUT2D eigenvalue weighted by Gasteiger charge is -2.33. The van der Waals surface area contributed by atoms with Crippen LogP contribution in [0.2, 0.25) is 5.02 Å². The predicted molar refractivity (Wildman–Crippen MR) is 91.6 cm³/mol. The average Bonchev–Trinajstić information content (AvgIpc) is 3.01. The molecule has 0 aliphatic carbocycles. The molecule has 7 heteroatoms. The molecular formula is C17H20ClN3O3. The van der Waals surface area contributed by atoms with Gasteiger partial charge in [0.05, 0.1) is 19.0 Å². The van der Waals surface area contributed by atoms with Crippen LogP contribution in [0.15, 0.2) is 24.5 Å². The van der Waals surface area contributed by atoms with Gasteiger partial charge in [-0.05, 0) is 30.5 Å². The molecular weight excluding hydrogens is 330 g/mol. The fourth-order valence-electron chi connectivity index (χ4n) is 3.13. The van der Waals surface area contributed by atoms with Crippen LogP contribution in [0.4, 0.5) is 5.69 Å². The fraction of sp³-hybridized carbons (Fsp3) is 0.412. The van der Waals surface area contributed by atoms with Crippen LogP contribution >= 0.6 is 11.6 Å². The number of aromatic nitrogens is 2. The minimum Gasteiger partial charge on any atom is -0.495 e. The van der Waals surface area contributed by atoms with Gasteiger partial charge in [-0.3, -0.25) is 9.48 Å². The number of ether oxygens (including phenoxy) is 2. The largest absolute Gasteiger partial charge is 0.495 e. The predicted octanol–water partition coefficient (Wildman–Crippen LogP) is 2.75. The van der Waals surface area contributed by atoms with E-state index in [0.717, 1.165) is 29.7 Å². The number of rotatable bonds is 4. The SMILES string of the molecule is COc1ccc(Cl)c2c1N(C(=O)[C@@H](OC)c1cnn(C)c1)CCC2. The molecule has 1 atom stereocenters. The maximum Gasteiger partial charge on any atom is 0.260 e. The van der Waals surface area contributed by atoms with Crippen LogP contribution in [0.5, 0.6) is 5.75 Å². The van der Waals surface area contributed by atoms with E-state index in [2.05, 4.69) is 5.10 Å². The van der Waals surface area contributed by atoms with Crippen molar-refractivity contribution in [3.05, 3.63) is 40.7 Å². The molecule has 1 amide bonds. The molecule has 0 fully saturated rings. The zero-order chi connectivity index (χ0) is 17.3. The number of nitrogens with zero attached hydrogens (tertiary/aromatic N) is 3. The number of aryl methyl sites for hydroxylation is 1. The summed E-state index contributed by atoms with van der Waals surface area (Å²) in [6.07, 6.45) is 4.38. The van der Waals surface area contributed by atoms with E-state index < -0.39 is 6.10 Å². The third-order valence-corrected chi connectivity index (χ3v) is 4.59. The van der Waals surface area contributed by atoms with Crippen molar-refractivity contribution in [1.29, 1.82) is 0 Å². The van der Waals surface area contributed by atoms with Crippen molar-refractivity contribution < 1.29 is 14.3 Å². The highest BCUT2D eigenvalue weighted by atomic mass is 35.5. The molecule has 1 aliphatic rings. The first-order valence-corrected chi connectivity index (χ1v) is 8.12. The molecule has 0 bridgehead atoms. The molecule has 0 radical (unpaired) electrons. The van der Waals surface area contributed by atoms with Crippen molar-refractivity contribution in [2.24, 2.45) is 7.05 Å². The van der Waals surface area contributed by atoms with Crippen LogP contribution in [-0.2, 0) is 23.0 Å². The minimum absolute atomic E-state index is 0.146. The quantitative estimate of drug-likeness (QED) is 0.851. The number of hydrogen-bond donors (Lipinski definition) is 0. The highest BCUT2D eigenvalue weighted by Gasteiger charge is 2.33. The van der Waals surface area contributed by atoms with Gasteiger partial charge in [-0.1, -0.05) is 11.6 Å². The standard InChI is InChI=1S/C17H20ClN3O3/c1-20-10-11(9-19-20)16(24-3)17(22)21-8-4-5-12-13(18)6-7-14(23-2)15(12)21/h6-7,9-10,16H,4-5,8H2,1-3H3/t16-/m0/s1. The van der Waals surface area contributed by atoms with Crippen LogP contribution in [0, 0.1) is 0 Å². The van der Waals surface area contributed by atoms with Crippen LogP contribution < -0.4 is 9.64 Å². The first-order valence-electron chi connectivity index (χ1n) is 7.75. The van der Waals surface area contributed by atoms with Crippen LogP contribution in [0.3, 0.4) is 0 Å². The maximum absolute atomic E-state index is 13.1. The zero-order valence-electron chi connectivity index (χ0n) is 14.0. The van der Waals surface area contributed by atoms with Crippen LogP contribution in [0.1, 0.15) is 23.7 Å². The van der Waals surface area contributed by atoms with Crippen molar-refractivity contribution in [3.8, 4) is 5.75 Å². The number of hydrogen-bond acceptors (Lipinski definition) is 4. The lowest BCUT2D eigenvalue weighted by molar-refractivity contribution is -0.128. The molecule has 3 rings (SSSR count). The smallest absolute Gasteiger partial charge is 0.260 e. The Morgan fingerprint density at radius 3 is 2.79 bits per heavy atom. The van der Waals surface area contributed by atoms with Gasteiger partial charge in [0.25, 0.3) is 5.91 Å². The average molecular weight is 350 g/mol. The number of carbonyl (C=O) groups is 1. The van der Waals surface area contributed by atoms with Crippen molar-refractivity contribution in [3.63, 3.8) is 0 Å². The molecule has 24 heavy (non-hydrogen) atoms. The van der Waals surface area contributed by atoms with E-state index in [1.54, 1.807) is 42.2 Å². The van der Waals surface area contributed by atoms with Gasteiger partial charge in [0, 0.05) is 37.5 Å². The molecule has 2 heterocycles. The summed E-state index contributed by atoms with van der Waals surface area (Å²) in [5.41, 5.74) is 2.40. The Balaban J connectivity index is 2.02. The van der Waals surface area contributed by atoms with E-state index in [0.29, 0.717) is 17.3 Å². The maximum atomic E-state index is 13.1. The van der Waals surface area contributed by atoms with E-state index in [1.165, 1.54) is 7.11 Å². The Bertz CT molecular complexity index is 760. The third-order valence-electron chi connectivity index (χ3n) is 4.24. The Morgan fingerprint density at radius 2 is 2.17 bits per heavy atom. The molecule has 1 aromatic heterocycles. The summed E-state index contributed by atoms with van der Waals surface area (Å²) >= 11 is 6.34. The Kier molecular flexibility index (Phi) is 4.78. The Morgan fingerprint density at radius 1 is 1.38 bits per heavy atom. The van der Waals surface area contributed by atoms with Crippen molar-refractivity contribution in [2.45, 2.75) is 18.9 Å². The number of carbonyl (C=O) groups excluding carboxylic acids is 1. The normalized spacial score (nSPS) is 15.1. The van der Waals surface area contributed by atoms with E-state index >= 15 is 0 Å². The topological polar surface area (TPSA) is 56.6 Å². The van der Waals surface area contributed by atoms with E-state index in [1.807, 2.05) is 6.07 Å². The second-order valence-corrected chi connectivity index (χ2v) is 6.14. The number of fused-ring (bicyclic) bond motifs is 1. The number of methoxy groups -OCH3 is 2. The second kappa shape index (κ2) is 6.83. The molecule has 0 saturated heterocycles. The molecule has 128 valence electrons. The van der Waals surface area contributed by atoms with E-state index in [-0.39, 0.29) is 5.91 Å². The number of halogens is 1. The summed E-state index contributed by atoms with van der Waals surface area (Å²) < 4.78 is 12.6. The monoisotopic (exact) mass is 349 g/mol. The van der Waals surface area contributed by atoms with Crippen LogP contribution in [0.25, 0.3) is 0 Å². The molecule has 0 N–H and O–H groups in total. The van der Waals surface area contributed by atoms with Gasteiger partial charge in [-0.15, -0.1) is 0 Å². The number of benzene rings is 1. The minimum atomic E-state index is -0.715. The number of anilines is 1. The van der Waals surface area contributed by atoms with Crippen molar-refractivity contribution in [1.82, 2.24) is 9.78 Å². The van der Waals surface area contributed by atoms with Gasteiger partial charge in [0.15, 0.2) is 6.10 Å². The molecule has 2 aromatic rings. The van der Waals surface area contributed by atoms with Crippen LogP contribution in [-0.4, -0.2) is 36.5 Å². The molecule has 6 nitrogen and oxygen atoms in total. The lowest BCUT2D eigenvalue weighted by Crippen LogP contribution is -2.39.